The van der Waals surface area contributed by atoms with Crippen LogP contribution >= 0.6 is 0 Å². The fraction of sp³-hybridized carbons (Fsp3) is 0.192. The van der Waals surface area contributed by atoms with E-state index in [4.69, 9.17) is 4.74 Å². The van der Waals surface area contributed by atoms with Crippen LogP contribution in [0.2, 0.25) is 0 Å². The quantitative estimate of drug-likeness (QED) is 0.458. The molecular formula is C26H24N6O3. The number of nitrogens with one attached hydrogen (secondary N) is 1. The van der Waals surface area contributed by atoms with Gasteiger partial charge in [-0.05, 0) is 62.4 Å². The highest BCUT2D eigenvalue weighted by Crippen LogP contribution is 2.27. The molecule has 9 heteroatoms. The number of nitrogens with zero attached hydrogens (tertiary/aromatic N) is 5. The zero-order valence-corrected chi connectivity index (χ0v) is 19.4. The van der Waals surface area contributed by atoms with Gasteiger partial charge in [0.2, 0.25) is 17.7 Å². The molecule has 1 saturated heterocycles. The highest BCUT2D eigenvalue weighted by atomic mass is 16.5. The topological polar surface area (TPSA) is 102 Å². The molecular weight excluding hydrogens is 444 g/mol. The Morgan fingerprint density at radius 1 is 0.971 bits per heavy atom. The predicted octanol–water partition coefficient (Wildman–Crippen LogP) is 4.06. The summed E-state index contributed by atoms with van der Waals surface area (Å²) in [6, 6.07) is 20.1. The van der Waals surface area contributed by atoms with Crippen molar-refractivity contribution in [3.63, 3.8) is 0 Å². The number of ether oxygens (including phenoxy) is 1. The van der Waals surface area contributed by atoms with Crippen LogP contribution in [0.4, 0.5) is 11.4 Å². The first kappa shape index (κ1) is 22.3. The highest BCUT2D eigenvalue weighted by molar-refractivity contribution is 6.03. The first-order valence-corrected chi connectivity index (χ1v) is 11.3. The van der Waals surface area contributed by atoms with Gasteiger partial charge >= 0.3 is 0 Å². The van der Waals surface area contributed by atoms with Gasteiger partial charge in [0, 0.05) is 36.6 Å². The van der Waals surface area contributed by atoms with E-state index in [2.05, 4.69) is 20.6 Å². The molecule has 4 aromatic rings. The number of carbonyl (C=O) groups excluding carboxylic acids is 2. The van der Waals surface area contributed by atoms with Gasteiger partial charge in [-0.2, -0.15) is 5.10 Å². The Labute approximate surface area is 202 Å². The van der Waals surface area contributed by atoms with E-state index in [-0.39, 0.29) is 18.2 Å². The van der Waals surface area contributed by atoms with E-state index in [1.54, 1.807) is 46.0 Å². The van der Waals surface area contributed by atoms with Crippen molar-refractivity contribution in [2.24, 2.45) is 5.92 Å². The lowest BCUT2D eigenvalue weighted by Crippen LogP contribution is -2.28. The second-order valence-electron chi connectivity index (χ2n) is 8.49. The number of carbonyl (C=O) groups is 2. The van der Waals surface area contributed by atoms with Gasteiger partial charge in [0.25, 0.3) is 0 Å². The molecule has 0 aliphatic carbocycles. The van der Waals surface area contributed by atoms with Crippen molar-refractivity contribution in [1.29, 1.82) is 0 Å². The maximum Gasteiger partial charge on any atom is 0.238 e. The molecule has 2 aromatic heterocycles. The molecule has 1 atom stereocenters. The normalized spacial score (nSPS) is 15.3. The van der Waals surface area contributed by atoms with Crippen molar-refractivity contribution >= 4 is 23.2 Å². The molecule has 1 unspecified atom stereocenters. The van der Waals surface area contributed by atoms with Gasteiger partial charge < -0.3 is 15.0 Å². The number of rotatable bonds is 6. The summed E-state index contributed by atoms with van der Waals surface area (Å²) in [7, 11) is 0. The van der Waals surface area contributed by atoms with Gasteiger partial charge in [-0.25, -0.2) is 4.68 Å². The maximum absolute atomic E-state index is 12.8. The lowest BCUT2D eigenvalue weighted by Gasteiger charge is -2.17. The maximum atomic E-state index is 12.8. The van der Waals surface area contributed by atoms with E-state index in [1.165, 1.54) is 0 Å². The molecule has 1 fully saturated rings. The Morgan fingerprint density at radius 3 is 2.40 bits per heavy atom. The lowest BCUT2D eigenvalue weighted by atomic mass is 10.1. The number of hydrogen-bond donors (Lipinski definition) is 1. The molecule has 5 rings (SSSR count). The first-order chi connectivity index (χ1) is 16.9. The van der Waals surface area contributed by atoms with Crippen molar-refractivity contribution in [1.82, 2.24) is 20.0 Å². The Kier molecular flexibility index (Phi) is 5.97. The van der Waals surface area contributed by atoms with Gasteiger partial charge in [0.1, 0.15) is 5.75 Å². The summed E-state index contributed by atoms with van der Waals surface area (Å²) in [6.07, 6.45) is 2.00. The molecule has 1 aliphatic heterocycles. The van der Waals surface area contributed by atoms with E-state index in [1.807, 2.05) is 50.4 Å². The van der Waals surface area contributed by atoms with Crippen molar-refractivity contribution in [3.8, 4) is 17.4 Å². The fourth-order valence-electron chi connectivity index (χ4n) is 3.86. The molecule has 176 valence electrons. The molecule has 1 aliphatic rings. The van der Waals surface area contributed by atoms with Gasteiger partial charge in [-0.3, -0.25) is 9.59 Å². The third-order valence-corrected chi connectivity index (χ3v) is 5.77. The monoisotopic (exact) mass is 468 g/mol. The zero-order valence-electron chi connectivity index (χ0n) is 19.4. The third-order valence-electron chi connectivity index (χ3n) is 5.77. The van der Waals surface area contributed by atoms with Crippen LogP contribution in [-0.2, 0) is 9.59 Å². The van der Waals surface area contributed by atoms with Crippen LogP contribution in [0.25, 0.3) is 5.82 Å². The Morgan fingerprint density at radius 2 is 1.74 bits per heavy atom. The third kappa shape index (κ3) is 5.03. The number of aromatic nitrogens is 4. The Bertz CT molecular complexity index is 1350. The second kappa shape index (κ2) is 9.38. The van der Waals surface area contributed by atoms with E-state index >= 15 is 0 Å². The summed E-state index contributed by atoms with van der Waals surface area (Å²) >= 11 is 0. The minimum atomic E-state index is -0.410. The van der Waals surface area contributed by atoms with E-state index in [0.29, 0.717) is 29.7 Å². The lowest BCUT2D eigenvalue weighted by molar-refractivity contribution is -0.122. The van der Waals surface area contributed by atoms with Gasteiger partial charge in [-0.15, -0.1) is 10.2 Å². The summed E-state index contributed by atoms with van der Waals surface area (Å²) in [5.41, 5.74) is 3.45. The van der Waals surface area contributed by atoms with Crippen LogP contribution in [-0.4, -0.2) is 38.3 Å². The highest BCUT2D eigenvalue weighted by Gasteiger charge is 2.35. The smallest absolute Gasteiger partial charge is 0.238 e. The summed E-state index contributed by atoms with van der Waals surface area (Å²) in [4.78, 5) is 26.9. The molecule has 0 saturated carbocycles. The van der Waals surface area contributed by atoms with Crippen molar-refractivity contribution in [2.75, 3.05) is 16.8 Å². The standard InChI is InChI=1S/C26H24N6O3/c1-17-3-7-21(8-4-17)31-16-19(15-25(31)33)26(34)27-20-5-9-22(10-6-20)35-24-12-11-23(28-29-24)32-14-13-18(2)30-32/h3-14,19H,15-16H2,1-2H3,(H,27,34). The average molecular weight is 469 g/mol. The molecule has 2 amide bonds. The van der Waals surface area contributed by atoms with Crippen LogP contribution in [0, 0.1) is 19.8 Å². The van der Waals surface area contributed by atoms with Crippen LogP contribution in [0.1, 0.15) is 17.7 Å². The van der Waals surface area contributed by atoms with Crippen molar-refractivity contribution in [2.45, 2.75) is 20.3 Å². The molecule has 2 aromatic carbocycles. The van der Waals surface area contributed by atoms with Crippen LogP contribution in [0.15, 0.2) is 72.9 Å². The number of benzene rings is 2. The van der Waals surface area contributed by atoms with Crippen LogP contribution in [0.3, 0.4) is 0 Å². The van der Waals surface area contributed by atoms with Crippen molar-refractivity contribution < 1.29 is 14.3 Å². The second-order valence-corrected chi connectivity index (χ2v) is 8.49. The number of anilines is 2. The zero-order chi connectivity index (χ0) is 24.4. The molecule has 9 nitrogen and oxygen atoms in total. The van der Waals surface area contributed by atoms with E-state index in [9.17, 15) is 9.59 Å². The Balaban J connectivity index is 1.17. The molecule has 0 bridgehead atoms. The summed E-state index contributed by atoms with van der Waals surface area (Å²) in [5, 5.41) is 15.4. The van der Waals surface area contributed by atoms with Crippen molar-refractivity contribution in [3.05, 3.63) is 84.2 Å². The van der Waals surface area contributed by atoms with Gasteiger partial charge in [0.05, 0.1) is 11.6 Å². The SMILES string of the molecule is Cc1ccc(N2CC(C(=O)Nc3ccc(Oc4ccc(-n5ccc(C)n5)nn4)cc3)CC2=O)cc1. The molecule has 35 heavy (non-hydrogen) atoms. The predicted molar refractivity (Wildman–Crippen MR) is 131 cm³/mol. The minimum absolute atomic E-state index is 0.0485. The largest absolute Gasteiger partial charge is 0.438 e. The van der Waals surface area contributed by atoms with E-state index in [0.717, 1.165) is 16.9 Å². The summed E-state index contributed by atoms with van der Waals surface area (Å²) in [5.74, 6) is 0.850. The van der Waals surface area contributed by atoms with Crippen LogP contribution in [0.5, 0.6) is 11.6 Å². The van der Waals surface area contributed by atoms with E-state index < -0.39 is 5.92 Å². The number of aryl methyl sites for hydroxylation is 2. The molecule has 1 N–H and O–H groups in total. The minimum Gasteiger partial charge on any atom is -0.438 e. The van der Waals surface area contributed by atoms with Crippen LogP contribution < -0.4 is 15.0 Å². The molecule has 0 spiro atoms. The first-order valence-electron chi connectivity index (χ1n) is 11.3. The fourth-order valence-corrected chi connectivity index (χ4v) is 3.86. The number of hydrogen-bond acceptors (Lipinski definition) is 6. The number of amides is 2. The Hall–Kier alpha value is -4.53. The van der Waals surface area contributed by atoms with Gasteiger partial charge in [0.15, 0.2) is 5.82 Å². The molecule has 0 radical (unpaired) electrons. The summed E-state index contributed by atoms with van der Waals surface area (Å²) < 4.78 is 7.39. The molecule has 3 heterocycles. The average Bonchev–Trinajstić information content (AvgIpc) is 3.47. The van der Waals surface area contributed by atoms with Gasteiger partial charge in [-0.1, -0.05) is 17.7 Å². The summed E-state index contributed by atoms with van der Waals surface area (Å²) in [6.45, 7) is 4.26.